The molecule has 7 heteroatoms. The summed E-state index contributed by atoms with van der Waals surface area (Å²) in [5.41, 5.74) is 0.424. The second-order valence-electron chi connectivity index (χ2n) is 6.37. The van der Waals surface area contributed by atoms with Crippen LogP contribution in [0.5, 0.6) is 0 Å². The van der Waals surface area contributed by atoms with Crippen molar-refractivity contribution in [3.8, 4) is 0 Å². The van der Waals surface area contributed by atoms with E-state index in [0.717, 1.165) is 36.2 Å². The topological polar surface area (TPSA) is 66.5 Å². The molecule has 2 unspecified atom stereocenters. The number of benzene rings is 1. The Labute approximate surface area is 156 Å². The molecule has 0 spiro atoms. The summed E-state index contributed by atoms with van der Waals surface area (Å²) in [4.78, 5) is 12.5. The Morgan fingerprint density at radius 1 is 1.24 bits per heavy atom. The first kappa shape index (κ1) is 21.8. The minimum atomic E-state index is -3.60. The standard InChI is InChI=1S/C18H29ClN2O3S/c1-5-7-8-15(6-2)13-20-18(22)14(3)21(25(4,23)24)17-11-9-16(19)10-12-17/h9-12,14-15H,5-8,13H2,1-4H3,(H,20,22). The summed E-state index contributed by atoms with van der Waals surface area (Å²) in [7, 11) is -3.60. The fraction of sp³-hybridized carbons (Fsp3) is 0.611. The summed E-state index contributed by atoms with van der Waals surface area (Å²) in [6.07, 6.45) is 5.40. The fourth-order valence-corrected chi connectivity index (χ4v) is 4.03. The lowest BCUT2D eigenvalue weighted by Crippen LogP contribution is -2.48. The molecule has 1 N–H and O–H groups in total. The molecule has 1 rings (SSSR count). The normalized spacial score (nSPS) is 14.0. The molecule has 0 aliphatic heterocycles. The van der Waals surface area contributed by atoms with E-state index < -0.39 is 16.1 Å². The molecular formula is C18H29ClN2O3S. The van der Waals surface area contributed by atoms with E-state index in [0.29, 0.717) is 23.2 Å². The predicted octanol–water partition coefficient (Wildman–Crippen LogP) is 3.83. The van der Waals surface area contributed by atoms with Crippen molar-refractivity contribution in [2.45, 2.75) is 52.5 Å². The Morgan fingerprint density at radius 3 is 2.32 bits per heavy atom. The Kier molecular flexibility index (Phi) is 8.73. The van der Waals surface area contributed by atoms with Crippen molar-refractivity contribution in [1.29, 1.82) is 0 Å². The number of hydrogen-bond donors (Lipinski definition) is 1. The van der Waals surface area contributed by atoms with E-state index in [1.54, 1.807) is 31.2 Å². The maximum absolute atomic E-state index is 12.5. The number of carbonyl (C=O) groups is 1. The number of amides is 1. The summed E-state index contributed by atoms with van der Waals surface area (Å²) in [5.74, 6) is 0.119. The molecule has 2 atom stereocenters. The van der Waals surface area contributed by atoms with E-state index in [4.69, 9.17) is 11.6 Å². The van der Waals surface area contributed by atoms with Gasteiger partial charge in [-0.05, 0) is 43.5 Å². The zero-order chi connectivity index (χ0) is 19.0. The van der Waals surface area contributed by atoms with Gasteiger partial charge in [0.05, 0.1) is 11.9 Å². The van der Waals surface area contributed by atoms with Gasteiger partial charge in [0.15, 0.2) is 0 Å². The van der Waals surface area contributed by atoms with Gasteiger partial charge in [0, 0.05) is 11.6 Å². The van der Waals surface area contributed by atoms with E-state index in [9.17, 15) is 13.2 Å². The first-order valence-electron chi connectivity index (χ1n) is 8.73. The maximum Gasteiger partial charge on any atom is 0.243 e. The number of unbranched alkanes of at least 4 members (excludes halogenated alkanes) is 1. The van der Waals surface area contributed by atoms with Crippen LogP contribution in [-0.2, 0) is 14.8 Å². The monoisotopic (exact) mass is 388 g/mol. The van der Waals surface area contributed by atoms with Crippen LogP contribution in [0.2, 0.25) is 5.02 Å². The minimum Gasteiger partial charge on any atom is -0.354 e. The lowest BCUT2D eigenvalue weighted by atomic mass is 9.99. The molecule has 0 saturated carbocycles. The van der Waals surface area contributed by atoms with Crippen LogP contribution in [-0.4, -0.2) is 33.2 Å². The Bertz CT molecular complexity index is 647. The van der Waals surface area contributed by atoms with Gasteiger partial charge in [0.2, 0.25) is 15.9 Å². The lowest BCUT2D eigenvalue weighted by Gasteiger charge is -2.28. The van der Waals surface area contributed by atoms with Crippen molar-refractivity contribution < 1.29 is 13.2 Å². The van der Waals surface area contributed by atoms with Crippen molar-refractivity contribution in [3.05, 3.63) is 29.3 Å². The van der Waals surface area contributed by atoms with E-state index in [2.05, 4.69) is 19.2 Å². The summed E-state index contributed by atoms with van der Waals surface area (Å²) in [5, 5.41) is 3.42. The van der Waals surface area contributed by atoms with Crippen molar-refractivity contribution >= 4 is 33.2 Å². The summed E-state index contributed by atoms with van der Waals surface area (Å²) < 4.78 is 25.6. The zero-order valence-electron chi connectivity index (χ0n) is 15.5. The lowest BCUT2D eigenvalue weighted by molar-refractivity contribution is -0.122. The molecular weight excluding hydrogens is 360 g/mol. The highest BCUT2D eigenvalue weighted by Gasteiger charge is 2.29. The van der Waals surface area contributed by atoms with Gasteiger partial charge in [-0.1, -0.05) is 44.7 Å². The number of hydrogen-bond acceptors (Lipinski definition) is 3. The third-order valence-corrected chi connectivity index (χ3v) is 5.77. The average Bonchev–Trinajstić information content (AvgIpc) is 2.55. The van der Waals surface area contributed by atoms with Crippen molar-refractivity contribution in [2.75, 3.05) is 17.1 Å². The van der Waals surface area contributed by atoms with Gasteiger partial charge < -0.3 is 5.32 Å². The molecule has 0 radical (unpaired) electrons. The number of nitrogens with one attached hydrogen (secondary N) is 1. The molecule has 0 bridgehead atoms. The second-order valence-corrected chi connectivity index (χ2v) is 8.67. The molecule has 0 aliphatic carbocycles. The van der Waals surface area contributed by atoms with Crippen molar-refractivity contribution in [2.24, 2.45) is 5.92 Å². The van der Waals surface area contributed by atoms with Crippen molar-refractivity contribution in [1.82, 2.24) is 5.32 Å². The van der Waals surface area contributed by atoms with Crippen LogP contribution in [0.3, 0.4) is 0 Å². The highest BCUT2D eigenvalue weighted by Crippen LogP contribution is 2.23. The molecule has 1 aromatic carbocycles. The van der Waals surface area contributed by atoms with Crippen LogP contribution in [0.4, 0.5) is 5.69 Å². The smallest absolute Gasteiger partial charge is 0.243 e. The maximum atomic E-state index is 12.5. The summed E-state index contributed by atoms with van der Waals surface area (Å²) in [6.45, 7) is 6.41. The quantitative estimate of drug-likeness (QED) is 0.662. The molecule has 0 heterocycles. The molecule has 1 aromatic rings. The SMILES string of the molecule is CCCCC(CC)CNC(=O)C(C)N(c1ccc(Cl)cc1)S(C)(=O)=O. The van der Waals surface area contributed by atoms with Gasteiger partial charge >= 0.3 is 0 Å². The summed E-state index contributed by atoms with van der Waals surface area (Å²) in [6, 6.07) is 5.58. The van der Waals surface area contributed by atoms with Gasteiger partial charge in [-0.2, -0.15) is 0 Å². The minimum absolute atomic E-state index is 0.296. The van der Waals surface area contributed by atoms with E-state index in [-0.39, 0.29) is 5.91 Å². The molecule has 1 amide bonds. The Hall–Kier alpha value is -1.27. The number of nitrogens with zero attached hydrogens (tertiary/aromatic N) is 1. The van der Waals surface area contributed by atoms with Crippen molar-refractivity contribution in [3.63, 3.8) is 0 Å². The highest BCUT2D eigenvalue weighted by molar-refractivity contribution is 7.92. The number of anilines is 1. The zero-order valence-corrected chi connectivity index (χ0v) is 17.0. The highest BCUT2D eigenvalue weighted by atomic mass is 35.5. The van der Waals surface area contributed by atoms with Gasteiger partial charge in [-0.25, -0.2) is 8.42 Å². The van der Waals surface area contributed by atoms with E-state index in [1.807, 2.05) is 0 Å². The van der Waals surface area contributed by atoms with Gasteiger partial charge in [0.25, 0.3) is 0 Å². The van der Waals surface area contributed by atoms with Crippen LogP contribution >= 0.6 is 11.6 Å². The van der Waals surface area contributed by atoms with E-state index >= 15 is 0 Å². The van der Waals surface area contributed by atoms with Crippen LogP contribution in [0.25, 0.3) is 0 Å². The number of carbonyl (C=O) groups excluding carboxylic acids is 1. The molecule has 0 aliphatic rings. The molecule has 0 aromatic heterocycles. The first-order chi connectivity index (χ1) is 11.7. The Morgan fingerprint density at radius 2 is 1.84 bits per heavy atom. The molecule has 0 fully saturated rings. The second kappa shape index (κ2) is 10.0. The van der Waals surface area contributed by atoms with Crippen LogP contribution in [0.15, 0.2) is 24.3 Å². The third kappa shape index (κ3) is 6.86. The Balaban J connectivity index is 2.85. The van der Waals surface area contributed by atoms with Gasteiger partial charge in [-0.3, -0.25) is 9.10 Å². The van der Waals surface area contributed by atoms with Crippen LogP contribution < -0.4 is 9.62 Å². The first-order valence-corrected chi connectivity index (χ1v) is 11.0. The predicted molar refractivity (Wildman–Crippen MR) is 105 cm³/mol. The van der Waals surface area contributed by atoms with Gasteiger partial charge in [0.1, 0.15) is 6.04 Å². The molecule has 142 valence electrons. The van der Waals surface area contributed by atoms with Crippen LogP contribution in [0, 0.1) is 5.92 Å². The third-order valence-electron chi connectivity index (χ3n) is 4.28. The average molecular weight is 389 g/mol. The molecule has 0 saturated heterocycles. The number of sulfonamides is 1. The largest absolute Gasteiger partial charge is 0.354 e. The van der Waals surface area contributed by atoms with Gasteiger partial charge in [-0.15, -0.1) is 0 Å². The van der Waals surface area contributed by atoms with E-state index in [1.165, 1.54) is 0 Å². The van der Waals surface area contributed by atoms with Crippen LogP contribution in [0.1, 0.15) is 46.5 Å². The fourth-order valence-electron chi connectivity index (χ4n) is 2.73. The molecule has 25 heavy (non-hydrogen) atoms. The number of rotatable bonds is 10. The number of halogens is 1. The summed E-state index contributed by atoms with van der Waals surface area (Å²) >= 11 is 5.87. The molecule has 5 nitrogen and oxygen atoms in total.